The van der Waals surface area contributed by atoms with Gasteiger partial charge >= 0.3 is 0 Å². The van der Waals surface area contributed by atoms with Gasteiger partial charge in [0.2, 0.25) is 0 Å². The van der Waals surface area contributed by atoms with Crippen LogP contribution < -0.4 is 28.1 Å². The summed E-state index contributed by atoms with van der Waals surface area (Å²) in [5.41, 5.74) is 4.27. The highest BCUT2D eigenvalue weighted by molar-refractivity contribution is 5.71. The quantitative estimate of drug-likeness (QED) is 0.218. The predicted molar refractivity (Wildman–Crippen MR) is 216 cm³/mol. The molecule has 2 aliphatic rings. The Labute approximate surface area is 336 Å². The summed E-state index contributed by atoms with van der Waals surface area (Å²) in [4.78, 5) is 0. The lowest BCUT2D eigenvalue weighted by Gasteiger charge is -2.13. The molecule has 0 N–H and O–H groups in total. The van der Waals surface area contributed by atoms with Gasteiger partial charge in [0, 0.05) is 24.3 Å². The van der Waals surface area contributed by atoms with E-state index in [1.54, 1.807) is 0 Å². The van der Waals surface area contributed by atoms with Crippen molar-refractivity contribution in [3.05, 3.63) is 108 Å². The summed E-state index contributed by atoms with van der Waals surface area (Å²) in [6, 6.07) is 20.5. The zero-order valence-electron chi connectivity index (χ0n) is 32.8. The van der Waals surface area contributed by atoms with Crippen molar-refractivity contribution < 1.29 is 56.5 Å². The summed E-state index contributed by atoms with van der Waals surface area (Å²) in [6.07, 6.45) is 17.9. The van der Waals surface area contributed by atoms with Crippen LogP contribution in [-0.4, -0.2) is 106 Å². The van der Waals surface area contributed by atoms with Gasteiger partial charge in [-0.2, -0.15) is 0 Å². The largest absolute Gasteiger partial charge is 0.487 e. The first-order chi connectivity index (χ1) is 28.3. The highest BCUT2D eigenvalue weighted by Crippen LogP contribution is 2.30. The molecule has 0 unspecified atom stereocenters. The molecule has 2 aromatic heterocycles. The molecule has 0 spiro atoms. The summed E-state index contributed by atoms with van der Waals surface area (Å²) in [5.74, 6) is 2.75. The van der Waals surface area contributed by atoms with Crippen LogP contribution in [0.3, 0.4) is 0 Å². The minimum Gasteiger partial charge on any atom is -0.487 e. The Balaban J connectivity index is 0.952. The van der Waals surface area contributed by atoms with Crippen molar-refractivity contribution in [3.63, 3.8) is 0 Å². The minimum absolute atomic E-state index is 0.426. The molecule has 304 valence electrons. The second-order valence-corrected chi connectivity index (χ2v) is 13.2. The number of hydrogen-bond acceptors (Lipinski definition) is 10. The van der Waals surface area contributed by atoms with E-state index >= 15 is 0 Å². The summed E-state index contributed by atoms with van der Waals surface area (Å²) >= 11 is 0. The van der Waals surface area contributed by atoms with E-state index < -0.39 is 0 Å². The fourth-order valence-electron chi connectivity index (χ4n) is 5.93. The van der Waals surface area contributed by atoms with E-state index in [-0.39, 0.29) is 0 Å². The molecule has 0 bridgehead atoms. The zero-order chi connectivity index (χ0) is 39.0. The van der Waals surface area contributed by atoms with Crippen molar-refractivity contribution in [2.75, 3.05) is 106 Å². The molecule has 0 fully saturated rings. The van der Waals surface area contributed by atoms with Crippen molar-refractivity contribution in [2.24, 2.45) is 0 Å². The lowest BCUT2D eigenvalue weighted by Crippen LogP contribution is -2.38. The third-order valence-corrected chi connectivity index (χ3v) is 8.97. The lowest BCUT2D eigenvalue weighted by molar-refractivity contribution is -0.726. The van der Waals surface area contributed by atoms with Crippen molar-refractivity contribution in [3.8, 4) is 23.0 Å². The first kappa shape index (κ1) is 41.8. The number of ether oxygens (including phenoxy) is 10. The molecule has 12 heteroatoms. The van der Waals surface area contributed by atoms with Crippen molar-refractivity contribution in [1.29, 1.82) is 0 Å². The smallest absolute Gasteiger partial charge is 0.169 e. The van der Waals surface area contributed by atoms with Crippen LogP contribution in [0.5, 0.6) is 23.0 Å². The van der Waals surface area contributed by atoms with Gasteiger partial charge in [-0.1, -0.05) is 36.4 Å². The minimum atomic E-state index is 0.426. The monoisotopic (exact) mass is 784 g/mol. The van der Waals surface area contributed by atoms with Gasteiger partial charge in [-0.15, -0.1) is 0 Å². The summed E-state index contributed by atoms with van der Waals surface area (Å²) in [7, 11) is 0. The summed E-state index contributed by atoms with van der Waals surface area (Å²) in [6.45, 7) is 9.75. The van der Waals surface area contributed by atoms with Crippen LogP contribution in [0.4, 0.5) is 0 Å². The van der Waals surface area contributed by atoms with Crippen LogP contribution in [0.25, 0.3) is 24.3 Å². The zero-order valence-corrected chi connectivity index (χ0v) is 32.8. The van der Waals surface area contributed by atoms with Gasteiger partial charge in [-0.25, -0.2) is 9.13 Å². The Morgan fingerprint density at radius 1 is 0.333 bits per heavy atom. The maximum atomic E-state index is 6.03. The first-order valence-electron chi connectivity index (χ1n) is 19.9. The number of aromatic nitrogens is 2. The fourth-order valence-corrected chi connectivity index (χ4v) is 5.93. The number of benzene rings is 2. The maximum absolute atomic E-state index is 6.03. The van der Waals surface area contributed by atoms with Gasteiger partial charge in [0.15, 0.2) is 60.9 Å². The lowest BCUT2D eigenvalue weighted by atomic mass is 10.1. The van der Waals surface area contributed by atoms with Gasteiger partial charge < -0.3 is 47.4 Å². The molecule has 4 heterocycles. The standard InChI is InChI=1S/C45H56N2O10/c1(14-46-16-10-38(11-17-46)2-4-40-6-8-42-44(36-40)56-34-30-52-26-22-48-20-24-50-28-32-54-42)15-47-18-12-39(13-19-47)3-5-41-7-9-43-45(37-41)57-35-31-53-27-23-49-21-25-51-29-33-55-43/h2-13,16-19,36-37H,1,14-15,20-35H2/q+2/b4-2+,5-3+. The second kappa shape index (κ2) is 24.7. The van der Waals surface area contributed by atoms with Crippen molar-refractivity contribution >= 4 is 24.3 Å². The number of rotatable bonds is 8. The molecule has 0 atom stereocenters. The SMILES string of the molecule is C(=C\c1ccc2c(c1)OCCOCCOCCOCCO2)/c1cc[n+](CCC[n+]2ccc(/C=C/c3ccc4c(c3)OCCOCCOCCOCCO4)cc2)cc1. The average molecular weight is 785 g/mol. The molecular formula is C45H56N2O10+2. The molecule has 0 radical (unpaired) electrons. The van der Waals surface area contributed by atoms with E-state index in [4.69, 9.17) is 47.4 Å². The molecule has 0 saturated heterocycles. The van der Waals surface area contributed by atoms with Gasteiger partial charge in [-0.3, -0.25) is 0 Å². The maximum Gasteiger partial charge on any atom is 0.169 e. The summed E-state index contributed by atoms with van der Waals surface area (Å²) in [5, 5.41) is 0. The first-order valence-corrected chi connectivity index (χ1v) is 19.9. The van der Waals surface area contributed by atoms with Crippen LogP contribution in [-0.2, 0) is 41.5 Å². The third-order valence-electron chi connectivity index (χ3n) is 8.97. The Bertz CT molecular complexity index is 1670. The molecule has 0 amide bonds. The Morgan fingerprint density at radius 3 is 0.982 bits per heavy atom. The van der Waals surface area contributed by atoms with E-state index in [2.05, 4.69) is 82.5 Å². The highest BCUT2D eigenvalue weighted by Gasteiger charge is 2.10. The van der Waals surface area contributed by atoms with Gasteiger partial charge in [-0.05, 0) is 46.5 Å². The number of aryl methyl sites for hydroxylation is 2. The van der Waals surface area contributed by atoms with E-state index in [1.807, 2.05) is 36.4 Å². The van der Waals surface area contributed by atoms with Crippen LogP contribution in [0.1, 0.15) is 28.7 Å². The molecule has 57 heavy (non-hydrogen) atoms. The van der Waals surface area contributed by atoms with Crippen molar-refractivity contribution in [2.45, 2.75) is 19.5 Å². The molecular weight excluding hydrogens is 728 g/mol. The number of pyridine rings is 2. The van der Waals surface area contributed by atoms with Gasteiger partial charge in [0.1, 0.15) is 26.4 Å². The number of fused-ring (bicyclic) bond motifs is 2. The second-order valence-electron chi connectivity index (χ2n) is 13.2. The van der Waals surface area contributed by atoms with Crippen LogP contribution in [0, 0.1) is 0 Å². The number of hydrogen-bond donors (Lipinski definition) is 0. The van der Waals surface area contributed by atoms with Gasteiger partial charge in [0.25, 0.3) is 0 Å². The molecule has 0 aliphatic carbocycles. The molecule has 0 saturated carbocycles. The van der Waals surface area contributed by atoms with Crippen molar-refractivity contribution in [1.82, 2.24) is 0 Å². The number of nitrogens with zero attached hydrogens (tertiary/aromatic N) is 2. The van der Waals surface area contributed by atoms with E-state index in [9.17, 15) is 0 Å². The van der Waals surface area contributed by atoms with E-state index in [0.29, 0.717) is 129 Å². The predicted octanol–water partition coefficient (Wildman–Crippen LogP) is 5.33. The topological polar surface area (TPSA) is 100 Å². The average Bonchev–Trinajstić information content (AvgIpc) is 3.26. The van der Waals surface area contributed by atoms with Crippen LogP contribution in [0.2, 0.25) is 0 Å². The van der Waals surface area contributed by atoms with Crippen LogP contribution in [0.15, 0.2) is 85.5 Å². The van der Waals surface area contributed by atoms with E-state index in [0.717, 1.165) is 41.8 Å². The molecule has 12 nitrogen and oxygen atoms in total. The Kier molecular flexibility index (Phi) is 18.1. The highest BCUT2D eigenvalue weighted by atomic mass is 16.6. The molecule has 6 rings (SSSR count). The normalized spacial score (nSPS) is 17.3. The molecule has 2 aliphatic heterocycles. The Hall–Kier alpha value is -4.82. The Morgan fingerprint density at radius 2 is 0.632 bits per heavy atom. The summed E-state index contributed by atoms with van der Waals surface area (Å²) < 4.78 is 61.7. The van der Waals surface area contributed by atoms with Crippen LogP contribution >= 0.6 is 0 Å². The van der Waals surface area contributed by atoms with Gasteiger partial charge in [0.05, 0.1) is 85.7 Å². The third kappa shape index (κ3) is 15.6. The fraction of sp³-hybridized carbons (Fsp3) is 0.422. The molecule has 2 aromatic carbocycles. The molecule has 4 aromatic rings. The van der Waals surface area contributed by atoms with E-state index in [1.165, 1.54) is 0 Å².